The van der Waals surface area contributed by atoms with Crippen molar-refractivity contribution in [1.29, 1.82) is 0 Å². The maximum atomic E-state index is 9.64. The van der Waals surface area contributed by atoms with Gasteiger partial charge in [0.1, 0.15) is 11.5 Å². The Morgan fingerprint density at radius 3 is 2.57 bits per heavy atom. The molecule has 3 rings (SSSR count). The molecule has 0 saturated heterocycles. The zero-order valence-corrected chi connectivity index (χ0v) is 12.6. The standard InChI is InChI=1S/C17H15NO2.ClH/c1-11-9-12(3-6-17(11)19)14-7-8-18-16-10-13(20-2)4-5-15(14)16;/h3-10,19H,1-2H3;1H. The van der Waals surface area contributed by atoms with Crippen molar-refractivity contribution in [1.82, 2.24) is 4.98 Å². The highest BCUT2D eigenvalue weighted by atomic mass is 35.5. The van der Waals surface area contributed by atoms with Gasteiger partial charge in [0.05, 0.1) is 12.6 Å². The molecule has 4 heteroatoms. The monoisotopic (exact) mass is 301 g/mol. The summed E-state index contributed by atoms with van der Waals surface area (Å²) in [5.74, 6) is 1.11. The Bertz CT molecular complexity index is 787. The predicted octanol–water partition coefficient (Wildman–Crippen LogP) is 4.35. The quantitative estimate of drug-likeness (QED) is 0.765. The van der Waals surface area contributed by atoms with E-state index in [0.717, 1.165) is 33.3 Å². The summed E-state index contributed by atoms with van der Waals surface area (Å²) >= 11 is 0. The molecule has 0 unspecified atom stereocenters. The van der Waals surface area contributed by atoms with Gasteiger partial charge in [-0.05, 0) is 53.9 Å². The summed E-state index contributed by atoms with van der Waals surface area (Å²) in [6, 6.07) is 13.5. The molecule has 3 nitrogen and oxygen atoms in total. The Balaban J connectivity index is 0.00000161. The van der Waals surface area contributed by atoms with Gasteiger partial charge in [0, 0.05) is 17.6 Å². The Morgan fingerprint density at radius 1 is 1.05 bits per heavy atom. The lowest BCUT2D eigenvalue weighted by molar-refractivity contribution is 0.415. The van der Waals surface area contributed by atoms with Crippen molar-refractivity contribution in [2.75, 3.05) is 7.11 Å². The van der Waals surface area contributed by atoms with Crippen LogP contribution in [0.2, 0.25) is 0 Å². The first-order valence-electron chi connectivity index (χ1n) is 6.42. The molecule has 1 heterocycles. The molecule has 0 fully saturated rings. The summed E-state index contributed by atoms with van der Waals surface area (Å²) in [4.78, 5) is 4.39. The third-order valence-electron chi connectivity index (χ3n) is 3.46. The van der Waals surface area contributed by atoms with Crippen LogP contribution in [0, 0.1) is 6.92 Å². The third-order valence-corrected chi connectivity index (χ3v) is 3.46. The van der Waals surface area contributed by atoms with Crippen molar-refractivity contribution in [2.24, 2.45) is 0 Å². The predicted molar refractivity (Wildman–Crippen MR) is 87.4 cm³/mol. The van der Waals surface area contributed by atoms with Gasteiger partial charge in [-0.3, -0.25) is 4.98 Å². The number of aryl methyl sites for hydroxylation is 1. The van der Waals surface area contributed by atoms with Crippen molar-refractivity contribution < 1.29 is 9.84 Å². The number of aromatic hydroxyl groups is 1. The Kier molecular flexibility index (Phi) is 4.34. The number of ether oxygens (including phenoxy) is 1. The molecule has 0 aliphatic heterocycles. The molecule has 0 aliphatic carbocycles. The molecule has 0 saturated carbocycles. The average molecular weight is 302 g/mol. The second kappa shape index (κ2) is 6.02. The fourth-order valence-corrected chi connectivity index (χ4v) is 2.33. The maximum Gasteiger partial charge on any atom is 0.121 e. The summed E-state index contributed by atoms with van der Waals surface area (Å²) in [5.41, 5.74) is 3.92. The molecule has 0 radical (unpaired) electrons. The second-order valence-electron chi connectivity index (χ2n) is 4.74. The van der Waals surface area contributed by atoms with Gasteiger partial charge in [0.2, 0.25) is 0 Å². The number of pyridine rings is 1. The van der Waals surface area contributed by atoms with Gasteiger partial charge in [0.25, 0.3) is 0 Å². The fraction of sp³-hybridized carbons (Fsp3) is 0.118. The van der Waals surface area contributed by atoms with Crippen molar-refractivity contribution in [3.8, 4) is 22.6 Å². The van der Waals surface area contributed by atoms with E-state index < -0.39 is 0 Å². The first-order chi connectivity index (χ1) is 9.69. The number of benzene rings is 2. The number of halogens is 1. The molecular formula is C17H16ClNO2. The number of aromatic nitrogens is 1. The average Bonchev–Trinajstić information content (AvgIpc) is 2.49. The number of nitrogens with zero attached hydrogens (tertiary/aromatic N) is 1. The molecule has 21 heavy (non-hydrogen) atoms. The van der Waals surface area contributed by atoms with Crippen LogP contribution in [-0.2, 0) is 0 Å². The smallest absolute Gasteiger partial charge is 0.121 e. The van der Waals surface area contributed by atoms with Crippen molar-refractivity contribution in [2.45, 2.75) is 6.92 Å². The SMILES string of the molecule is COc1ccc2c(-c3ccc(O)c(C)c3)ccnc2c1.Cl. The number of methoxy groups -OCH3 is 1. The highest BCUT2D eigenvalue weighted by molar-refractivity contribution is 5.95. The van der Waals surface area contributed by atoms with E-state index in [1.807, 2.05) is 43.3 Å². The fourth-order valence-electron chi connectivity index (χ4n) is 2.33. The minimum absolute atomic E-state index is 0. The van der Waals surface area contributed by atoms with Crippen LogP contribution in [0.15, 0.2) is 48.7 Å². The van der Waals surface area contributed by atoms with E-state index in [1.165, 1.54) is 0 Å². The minimum Gasteiger partial charge on any atom is -0.508 e. The van der Waals surface area contributed by atoms with Crippen LogP contribution >= 0.6 is 12.4 Å². The molecule has 0 amide bonds. The largest absolute Gasteiger partial charge is 0.508 e. The van der Waals surface area contributed by atoms with E-state index in [1.54, 1.807) is 19.4 Å². The lowest BCUT2D eigenvalue weighted by Crippen LogP contribution is -1.88. The number of fused-ring (bicyclic) bond motifs is 1. The number of hydrogen-bond donors (Lipinski definition) is 1. The Hall–Kier alpha value is -2.26. The van der Waals surface area contributed by atoms with E-state index in [0.29, 0.717) is 5.75 Å². The third kappa shape index (κ3) is 2.78. The minimum atomic E-state index is 0. The van der Waals surface area contributed by atoms with E-state index in [9.17, 15) is 5.11 Å². The van der Waals surface area contributed by atoms with Crippen molar-refractivity contribution >= 4 is 23.3 Å². The van der Waals surface area contributed by atoms with Crippen LogP contribution in [-0.4, -0.2) is 17.2 Å². The lowest BCUT2D eigenvalue weighted by Gasteiger charge is -2.09. The van der Waals surface area contributed by atoms with E-state index in [-0.39, 0.29) is 12.4 Å². The number of hydrogen-bond acceptors (Lipinski definition) is 3. The summed E-state index contributed by atoms with van der Waals surface area (Å²) in [6.07, 6.45) is 1.79. The zero-order chi connectivity index (χ0) is 14.1. The lowest BCUT2D eigenvalue weighted by atomic mass is 9.99. The van der Waals surface area contributed by atoms with Crippen molar-refractivity contribution in [3.63, 3.8) is 0 Å². The first kappa shape index (κ1) is 15.1. The molecule has 0 spiro atoms. The van der Waals surface area contributed by atoms with Crippen LogP contribution < -0.4 is 4.74 Å². The molecule has 0 aliphatic rings. The van der Waals surface area contributed by atoms with Crippen LogP contribution in [0.5, 0.6) is 11.5 Å². The van der Waals surface area contributed by atoms with Gasteiger partial charge in [-0.1, -0.05) is 6.07 Å². The normalized spacial score (nSPS) is 10.2. The van der Waals surface area contributed by atoms with Crippen LogP contribution in [0.3, 0.4) is 0 Å². The van der Waals surface area contributed by atoms with Gasteiger partial charge in [-0.2, -0.15) is 0 Å². The molecule has 108 valence electrons. The first-order valence-corrected chi connectivity index (χ1v) is 6.42. The number of rotatable bonds is 2. The van der Waals surface area contributed by atoms with Crippen LogP contribution in [0.25, 0.3) is 22.0 Å². The maximum absolute atomic E-state index is 9.64. The highest BCUT2D eigenvalue weighted by Crippen LogP contribution is 2.31. The molecule has 1 N–H and O–H groups in total. The summed E-state index contributed by atoms with van der Waals surface area (Å²) in [6.45, 7) is 1.89. The van der Waals surface area contributed by atoms with Gasteiger partial charge >= 0.3 is 0 Å². The topological polar surface area (TPSA) is 42.4 Å². The van der Waals surface area contributed by atoms with Gasteiger partial charge in [-0.15, -0.1) is 12.4 Å². The number of phenolic OH excluding ortho intramolecular Hbond substituents is 1. The van der Waals surface area contributed by atoms with E-state index in [4.69, 9.17) is 4.74 Å². The highest BCUT2D eigenvalue weighted by Gasteiger charge is 2.07. The van der Waals surface area contributed by atoms with Crippen LogP contribution in [0.1, 0.15) is 5.56 Å². The molecule has 0 bridgehead atoms. The van der Waals surface area contributed by atoms with Gasteiger partial charge in [-0.25, -0.2) is 0 Å². The zero-order valence-electron chi connectivity index (χ0n) is 11.8. The van der Waals surface area contributed by atoms with E-state index >= 15 is 0 Å². The number of phenols is 1. The molecular weight excluding hydrogens is 286 g/mol. The van der Waals surface area contributed by atoms with Gasteiger partial charge < -0.3 is 9.84 Å². The molecule has 1 aromatic heterocycles. The Labute approximate surface area is 129 Å². The van der Waals surface area contributed by atoms with Gasteiger partial charge in [0.15, 0.2) is 0 Å². The molecule has 0 atom stereocenters. The van der Waals surface area contributed by atoms with E-state index in [2.05, 4.69) is 4.98 Å². The Morgan fingerprint density at radius 2 is 1.86 bits per heavy atom. The summed E-state index contributed by atoms with van der Waals surface area (Å²) in [7, 11) is 1.65. The van der Waals surface area contributed by atoms with Crippen molar-refractivity contribution in [3.05, 3.63) is 54.2 Å². The summed E-state index contributed by atoms with van der Waals surface area (Å²) in [5, 5.41) is 10.7. The molecule has 3 aromatic rings. The molecule has 2 aromatic carbocycles. The summed E-state index contributed by atoms with van der Waals surface area (Å²) < 4.78 is 5.23. The van der Waals surface area contributed by atoms with Crippen LogP contribution in [0.4, 0.5) is 0 Å². The second-order valence-corrected chi connectivity index (χ2v) is 4.74.